The maximum Gasteiger partial charge on any atom is 0.269 e. The number of ether oxygens (including phenoxy) is 2. The van der Waals surface area contributed by atoms with Crippen molar-refractivity contribution in [2.24, 2.45) is 0 Å². The van der Waals surface area contributed by atoms with E-state index >= 15 is 0 Å². The first-order chi connectivity index (χ1) is 16.1. The van der Waals surface area contributed by atoms with Gasteiger partial charge in [0.15, 0.2) is 0 Å². The van der Waals surface area contributed by atoms with E-state index < -0.39 is 0 Å². The van der Waals surface area contributed by atoms with E-state index in [1.807, 2.05) is 27.8 Å². The summed E-state index contributed by atoms with van der Waals surface area (Å²) in [5.74, 6) is 1.19. The molecule has 2 amide bonds. The van der Waals surface area contributed by atoms with Gasteiger partial charge in [-0.25, -0.2) is 0 Å². The zero-order chi connectivity index (χ0) is 23.2. The number of hydrogen-bond donors (Lipinski definition) is 2. The largest absolute Gasteiger partial charge is 0.497 e. The van der Waals surface area contributed by atoms with Crippen molar-refractivity contribution < 1.29 is 19.1 Å². The average molecular weight is 470 g/mol. The Bertz CT molecular complexity index is 1090. The number of hydrogen-bond acceptors (Lipinski definition) is 7. The maximum absolute atomic E-state index is 12.6. The van der Waals surface area contributed by atoms with Crippen molar-refractivity contribution in [1.29, 1.82) is 0 Å². The fourth-order valence-electron chi connectivity index (χ4n) is 3.76. The zero-order valence-corrected chi connectivity index (χ0v) is 19.5. The zero-order valence-electron chi connectivity index (χ0n) is 18.7. The predicted molar refractivity (Wildman–Crippen MR) is 126 cm³/mol. The van der Waals surface area contributed by atoms with Gasteiger partial charge in [-0.05, 0) is 35.7 Å². The summed E-state index contributed by atoms with van der Waals surface area (Å²) in [5.41, 5.74) is 2.47. The van der Waals surface area contributed by atoms with E-state index in [9.17, 15) is 9.59 Å². The average Bonchev–Trinajstić information content (AvgIpc) is 3.56. The first kappa shape index (κ1) is 22.8. The number of aromatic amines is 1. The summed E-state index contributed by atoms with van der Waals surface area (Å²) in [7, 11) is 3.18. The summed E-state index contributed by atoms with van der Waals surface area (Å²) in [6.07, 6.45) is 0. The number of carbonyl (C=O) groups excluding carboxylic acids is 2. The van der Waals surface area contributed by atoms with Gasteiger partial charge in [-0.15, -0.1) is 0 Å². The Morgan fingerprint density at radius 3 is 2.64 bits per heavy atom. The van der Waals surface area contributed by atoms with E-state index in [0.29, 0.717) is 42.5 Å². The van der Waals surface area contributed by atoms with Gasteiger partial charge in [0.05, 0.1) is 25.5 Å². The lowest BCUT2D eigenvalue weighted by Crippen LogP contribution is -2.50. The van der Waals surface area contributed by atoms with Crippen LogP contribution in [0, 0.1) is 0 Å². The van der Waals surface area contributed by atoms with Gasteiger partial charge in [-0.3, -0.25) is 19.6 Å². The van der Waals surface area contributed by atoms with Crippen molar-refractivity contribution in [2.75, 3.05) is 53.5 Å². The van der Waals surface area contributed by atoms with Crippen LogP contribution in [0.1, 0.15) is 20.8 Å². The third-order valence-corrected chi connectivity index (χ3v) is 6.33. The molecule has 0 spiro atoms. The minimum atomic E-state index is -0.220. The molecular formula is C23H27N5O4S. The Balaban J connectivity index is 1.26. The molecule has 2 N–H and O–H groups in total. The molecule has 0 bridgehead atoms. The SMILES string of the molecule is COc1ccc(OC)c(-c2cc(C(=O)NCCN3CCN(C(=O)c4ccsc4)CC3)[nH]n2)c1. The molecule has 10 heteroatoms. The second-order valence-electron chi connectivity index (χ2n) is 7.63. The summed E-state index contributed by atoms with van der Waals surface area (Å²) >= 11 is 1.53. The second kappa shape index (κ2) is 10.5. The smallest absolute Gasteiger partial charge is 0.269 e. The fourth-order valence-corrected chi connectivity index (χ4v) is 4.39. The monoisotopic (exact) mass is 469 g/mol. The Labute approximate surface area is 196 Å². The molecular weight excluding hydrogens is 442 g/mol. The van der Waals surface area contributed by atoms with Gasteiger partial charge in [-0.1, -0.05) is 0 Å². The van der Waals surface area contributed by atoms with Crippen LogP contribution >= 0.6 is 11.3 Å². The topological polar surface area (TPSA) is 99.8 Å². The number of methoxy groups -OCH3 is 2. The van der Waals surface area contributed by atoms with Crippen LogP contribution in [-0.4, -0.2) is 85.3 Å². The number of amides is 2. The number of H-pyrrole nitrogens is 1. The summed E-state index contributed by atoms with van der Waals surface area (Å²) in [5, 5.41) is 13.8. The van der Waals surface area contributed by atoms with Crippen LogP contribution in [0.2, 0.25) is 0 Å². The number of piperazine rings is 1. The number of nitrogens with zero attached hydrogens (tertiary/aromatic N) is 3. The molecule has 2 aromatic heterocycles. The van der Waals surface area contributed by atoms with Crippen LogP contribution in [0.25, 0.3) is 11.3 Å². The van der Waals surface area contributed by atoms with Crippen molar-refractivity contribution in [3.05, 3.63) is 52.3 Å². The quantitative estimate of drug-likeness (QED) is 0.525. The lowest BCUT2D eigenvalue weighted by molar-refractivity contribution is 0.0638. The Morgan fingerprint density at radius 1 is 1.12 bits per heavy atom. The normalized spacial score (nSPS) is 14.2. The maximum atomic E-state index is 12.6. The number of benzene rings is 1. The molecule has 1 saturated heterocycles. The van der Waals surface area contributed by atoms with Crippen LogP contribution in [-0.2, 0) is 0 Å². The molecule has 0 saturated carbocycles. The number of rotatable bonds is 8. The molecule has 1 aromatic carbocycles. The van der Waals surface area contributed by atoms with Gasteiger partial charge in [0, 0.05) is 50.2 Å². The van der Waals surface area contributed by atoms with Crippen LogP contribution in [0.15, 0.2) is 41.1 Å². The highest BCUT2D eigenvalue weighted by molar-refractivity contribution is 7.08. The third-order valence-electron chi connectivity index (χ3n) is 5.65. The lowest BCUT2D eigenvalue weighted by Gasteiger charge is -2.34. The highest BCUT2D eigenvalue weighted by atomic mass is 32.1. The molecule has 4 rings (SSSR count). The molecule has 1 aliphatic rings. The molecule has 0 radical (unpaired) electrons. The summed E-state index contributed by atoms with van der Waals surface area (Å²) in [4.78, 5) is 29.1. The second-order valence-corrected chi connectivity index (χ2v) is 8.41. The molecule has 3 heterocycles. The first-order valence-electron chi connectivity index (χ1n) is 10.7. The van der Waals surface area contributed by atoms with E-state index in [1.54, 1.807) is 32.4 Å². The van der Waals surface area contributed by atoms with Crippen molar-refractivity contribution in [2.45, 2.75) is 0 Å². The molecule has 1 aliphatic heterocycles. The summed E-state index contributed by atoms with van der Waals surface area (Å²) in [6, 6.07) is 8.98. The van der Waals surface area contributed by atoms with Crippen LogP contribution in [0.4, 0.5) is 0 Å². The molecule has 9 nitrogen and oxygen atoms in total. The Morgan fingerprint density at radius 2 is 1.94 bits per heavy atom. The molecule has 174 valence electrons. The Hall–Kier alpha value is -3.37. The van der Waals surface area contributed by atoms with Gasteiger partial charge in [0.1, 0.15) is 17.2 Å². The van der Waals surface area contributed by atoms with E-state index in [1.165, 1.54) is 11.3 Å². The van der Waals surface area contributed by atoms with E-state index in [4.69, 9.17) is 9.47 Å². The molecule has 33 heavy (non-hydrogen) atoms. The van der Waals surface area contributed by atoms with E-state index in [0.717, 1.165) is 30.8 Å². The Kier molecular flexibility index (Phi) is 7.26. The number of nitrogens with one attached hydrogen (secondary N) is 2. The number of carbonyl (C=O) groups is 2. The molecule has 1 fully saturated rings. The van der Waals surface area contributed by atoms with Crippen molar-refractivity contribution in [1.82, 2.24) is 25.3 Å². The highest BCUT2D eigenvalue weighted by Crippen LogP contribution is 2.32. The van der Waals surface area contributed by atoms with Gasteiger partial charge < -0.3 is 19.7 Å². The van der Waals surface area contributed by atoms with Crippen LogP contribution in [0.3, 0.4) is 0 Å². The van der Waals surface area contributed by atoms with Crippen LogP contribution < -0.4 is 14.8 Å². The van der Waals surface area contributed by atoms with Gasteiger partial charge in [0.25, 0.3) is 11.8 Å². The van der Waals surface area contributed by atoms with Gasteiger partial charge >= 0.3 is 0 Å². The van der Waals surface area contributed by atoms with Crippen molar-refractivity contribution in [3.63, 3.8) is 0 Å². The molecule has 0 atom stereocenters. The minimum absolute atomic E-state index is 0.0897. The third kappa shape index (κ3) is 5.35. The summed E-state index contributed by atoms with van der Waals surface area (Å²) in [6.45, 7) is 4.18. The molecule has 0 aliphatic carbocycles. The van der Waals surface area contributed by atoms with E-state index in [2.05, 4.69) is 20.4 Å². The van der Waals surface area contributed by atoms with E-state index in [-0.39, 0.29) is 11.8 Å². The first-order valence-corrected chi connectivity index (χ1v) is 11.6. The molecule has 3 aromatic rings. The summed E-state index contributed by atoms with van der Waals surface area (Å²) < 4.78 is 10.7. The lowest BCUT2D eigenvalue weighted by atomic mass is 10.1. The fraction of sp³-hybridized carbons (Fsp3) is 0.348. The minimum Gasteiger partial charge on any atom is -0.497 e. The standard InChI is InChI=1S/C23H27N5O4S/c1-31-17-3-4-21(32-2)18(13-17)19-14-20(26-25-19)22(29)24-6-7-27-8-10-28(11-9-27)23(30)16-5-12-33-15-16/h3-5,12-15H,6-11H2,1-2H3,(H,24,29)(H,25,26). The van der Waals surface area contributed by atoms with Gasteiger partial charge in [0.2, 0.25) is 0 Å². The van der Waals surface area contributed by atoms with Crippen LogP contribution in [0.5, 0.6) is 11.5 Å². The molecule has 0 unspecified atom stereocenters. The number of aromatic nitrogens is 2. The number of thiophene rings is 1. The predicted octanol–water partition coefficient (Wildman–Crippen LogP) is 2.34. The van der Waals surface area contributed by atoms with Crippen molar-refractivity contribution in [3.8, 4) is 22.8 Å². The van der Waals surface area contributed by atoms with Gasteiger partial charge in [-0.2, -0.15) is 16.4 Å². The highest BCUT2D eigenvalue weighted by Gasteiger charge is 2.22. The van der Waals surface area contributed by atoms with Crippen molar-refractivity contribution >= 4 is 23.2 Å².